The summed E-state index contributed by atoms with van der Waals surface area (Å²) in [5.74, 6) is 1.26. The lowest BCUT2D eigenvalue weighted by Crippen LogP contribution is -2.27. The minimum absolute atomic E-state index is 0.0920. The molecule has 1 amide bonds. The van der Waals surface area contributed by atoms with Crippen LogP contribution in [0.25, 0.3) is 11.3 Å². The Balaban J connectivity index is 1.72. The Morgan fingerprint density at radius 1 is 1.21 bits per heavy atom. The van der Waals surface area contributed by atoms with Crippen molar-refractivity contribution in [2.75, 3.05) is 13.6 Å². The molecule has 0 unspecified atom stereocenters. The lowest BCUT2D eigenvalue weighted by molar-refractivity contribution is 0.0785. The van der Waals surface area contributed by atoms with Crippen molar-refractivity contribution in [1.29, 1.82) is 0 Å². The van der Waals surface area contributed by atoms with Crippen molar-refractivity contribution in [2.24, 2.45) is 0 Å². The Hall–Kier alpha value is -2.10. The molecule has 0 saturated heterocycles. The number of rotatable bonds is 5. The fourth-order valence-corrected chi connectivity index (χ4v) is 3.50. The largest absolute Gasteiger partial charge is 0.355 e. The number of carbonyl (C=O) groups is 1. The molecule has 3 rings (SSSR count). The zero-order valence-electron chi connectivity index (χ0n) is 14.6. The van der Waals surface area contributed by atoms with Gasteiger partial charge in [-0.25, -0.2) is 0 Å². The third-order valence-corrected chi connectivity index (χ3v) is 4.91. The van der Waals surface area contributed by atoms with Crippen LogP contribution in [0.2, 0.25) is 0 Å². The van der Waals surface area contributed by atoms with Crippen LogP contribution in [-0.2, 0) is 0 Å². The number of hydrogen-bond donors (Lipinski definition) is 0. The molecule has 24 heavy (non-hydrogen) atoms. The molecule has 0 aliphatic heterocycles. The van der Waals surface area contributed by atoms with Crippen molar-refractivity contribution in [2.45, 2.75) is 51.4 Å². The predicted molar refractivity (Wildman–Crippen MR) is 95.0 cm³/mol. The topological polar surface area (TPSA) is 46.3 Å². The van der Waals surface area contributed by atoms with E-state index in [1.807, 2.05) is 6.92 Å². The molecule has 4 nitrogen and oxygen atoms in total. The molecule has 1 heterocycles. The van der Waals surface area contributed by atoms with Crippen molar-refractivity contribution in [3.8, 4) is 11.3 Å². The van der Waals surface area contributed by atoms with E-state index in [0.717, 1.165) is 18.5 Å². The Bertz CT molecular complexity index is 669. The van der Waals surface area contributed by atoms with Gasteiger partial charge in [0.2, 0.25) is 0 Å². The van der Waals surface area contributed by atoms with Gasteiger partial charge < -0.3 is 9.42 Å². The highest BCUT2D eigenvalue weighted by Crippen LogP contribution is 2.33. The van der Waals surface area contributed by atoms with Crippen LogP contribution in [0.5, 0.6) is 0 Å². The molecule has 0 atom stereocenters. The Morgan fingerprint density at radius 2 is 1.92 bits per heavy atom. The van der Waals surface area contributed by atoms with Crippen LogP contribution in [-0.4, -0.2) is 29.6 Å². The van der Waals surface area contributed by atoms with Crippen molar-refractivity contribution in [3.63, 3.8) is 0 Å². The van der Waals surface area contributed by atoms with Gasteiger partial charge in [-0.1, -0.05) is 55.6 Å². The van der Waals surface area contributed by atoms with Gasteiger partial charge in [0.1, 0.15) is 0 Å². The van der Waals surface area contributed by atoms with Crippen LogP contribution >= 0.6 is 0 Å². The van der Waals surface area contributed by atoms with E-state index in [-0.39, 0.29) is 5.91 Å². The minimum atomic E-state index is -0.0920. The summed E-state index contributed by atoms with van der Waals surface area (Å²) in [5.41, 5.74) is 2.76. The van der Waals surface area contributed by atoms with E-state index in [2.05, 4.69) is 29.4 Å². The maximum atomic E-state index is 12.2. The summed E-state index contributed by atoms with van der Waals surface area (Å²) in [7, 11) is 1.79. The van der Waals surface area contributed by atoms with E-state index >= 15 is 0 Å². The molecule has 1 aromatic carbocycles. The van der Waals surface area contributed by atoms with E-state index in [1.54, 1.807) is 18.0 Å². The van der Waals surface area contributed by atoms with Crippen molar-refractivity contribution < 1.29 is 9.32 Å². The second-order valence-electron chi connectivity index (χ2n) is 6.76. The van der Waals surface area contributed by atoms with Gasteiger partial charge in [0.05, 0.1) is 0 Å². The summed E-state index contributed by atoms with van der Waals surface area (Å²) in [6.07, 6.45) is 7.57. The molecule has 1 saturated carbocycles. The van der Waals surface area contributed by atoms with E-state index in [1.165, 1.54) is 37.7 Å². The third-order valence-electron chi connectivity index (χ3n) is 4.91. The van der Waals surface area contributed by atoms with E-state index in [9.17, 15) is 4.79 Å². The molecule has 0 N–H and O–H groups in total. The predicted octanol–water partition coefficient (Wildman–Crippen LogP) is 4.87. The number of amides is 1. The Kier molecular flexibility index (Phi) is 5.34. The van der Waals surface area contributed by atoms with Gasteiger partial charge in [0, 0.05) is 25.2 Å². The normalized spacial score (nSPS) is 15.4. The maximum Gasteiger partial charge on any atom is 0.275 e. The number of benzene rings is 1. The second-order valence-corrected chi connectivity index (χ2v) is 6.76. The first-order valence-corrected chi connectivity index (χ1v) is 9.01. The molecule has 0 spiro atoms. The van der Waals surface area contributed by atoms with Gasteiger partial charge in [-0.2, -0.15) is 0 Å². The SMILES string of the molecule is CCCN(C)C(=O)c1cc(-c2ccc(C3CCCCC3)cc2)on1. The van der Waals surface area contributed by atoms with Gasteiger partial charge >= 0.3 is 0 Å². The summed E-state index contributed by atoms with van der Waals surface area (Å²) < 4.78 is 5.39. The molecular weight excluding hydrogens is 300 g/mol. The molecule has 1 aliphatic rings. The molecule has 0 bridgehead atoms. The quantitative estimate of drug-likeness (QED) is 0.787. The van der Waals surface area contributed by atoms with Crippen LogP contribution in [0.1, 0.15) is 67.4 Å². The third kappa shape index (κ3) is 3.69. The molecular formula is C20H26N2O2. The average molecular weight is 326 g/mol. The van der Waals surface area contributed by atoms with Crippen molar-refractivity contribution in [3.05, 3.63) is 41.6 Å². The molecule has 0 radical (unpaired) electrons. The fraction of sp³-hybridized carbons (Fsp3) is 0.500. The highest BCUT2D eigenvalue weighted by Gasteiger charge is 2.18. The van der Waals surface area contributed by atoms with E-state index < -0.39 is 0 Å². The summed E-state index contributed by atoms with van der Waals surface area (Å²) in [6.45, 7) is 2.77. The van der Waals surface area contributed by atoms with Gasteiger partial charge in [0.15, 0.2) is 11.5 Å². The first-order chi connectivity index (χ1) is 11.7. The van der Waals surface area contributed by atoms with Crippen molar-refractivity contribution >= 4 is 5.91 Å². The summed E-state index contributed by atoms with van der Waals surface area (Å²) in [6, 6.07) is 10.3. The van der Waals surface area contributed by atoms with Crippen LogP contribution in [0.4, 0.5) is 0 Å². The van der Waals surface area contributed by atoms with Gasteiger partial charge in [-0.05, 0) is 30.7 Å². The molecule has 1 aromatic heterocycles. The molecule has 128 valence electrons. The lowest BCUT2D eigenvalue weighted by atomic mass is 9.84. The smallest absolute Gasteiger partial charge is 0.275 e. The minimum Gasteiger partial charge on any atom is -0.355 e. The Labute approximate surface area is 143 Å². The van der Waals surface area contributed by atoms with Crippen LogP contribution in [0, 0.1) is 0 Å². The summed E-state index contributed by atoms with van der Waals surface area (Å²) in [4.78, 5) is 13.9. The molecule has 1 aliphatic carbocycles. The monoisotopic (exact) mass is 326 g/mol. The zero-order valence-corrected chi connectivity index (χ0v) is 14.6. The zero-order chi connectivity index (χ0) is 16.9. The average Bonchev–Trinajstić information content (AvgIpc) is 3.12. The molecule has 1 fully saturated rings. The second kappa shape index (κ2) is 7.65. The van der Waals surface area contributed by atoms with Gasteiger partial charge in [-0.15, -0.1) is 0 Å². The maximum absolute atomic E-state index is 12.2. The van der Waals surface area contributed by atoms with E-state index in [0.29, 0.717) is 17.4 Å². The van der Waals surface area contributed by atoms with Gasteiger partial charge in [0.25, 0.3) is 5.91 Å². The molecule has 2 aromatic rings. The van der Waals surface area contributed by atoms with Crippen LogP contribution < -0.4 is 0 Å². The standard InChI is InChI=1S/C20H26N2O2/c1-3-13-22(2)20(23)18-14-19(24-21-18)17-11-9-16(10-12-17)15-7-5-4-6-8-15/h9-12,14-15H,3-8,13H2,1-2H3. The first-order valence-electron chi connectivity index (χ1n) is 9.01. The van der Waals surface area contributed by atoms with E-state index in [4.69, 9.17) is 4.52 Å². The molecule has 4 heteroatoms. The highest BCUT2D eigenvalue weighted by molar-refractivity contribution is 5.92. The van der Waals surface area contributed by atoms with Crippen LogP contribution in [0.15, 0.2) is 34.9 Å². The van der Waals surface area contributed by atoms with Crippen LogP contribution in [0.3, 0.4) is 0 Å². The lowest BCUT2D eigenvalue weighted by Gasteiger charge is -2.21. The number of nitrogens with zero attached hydrogens (tertiary/aromatic N) is 2. The van der Waals surface area contributed by atoms with Gasteiger partial charge in [-0.3, -0.25) is 4.79 Å². The summed E-state index contributed by atoms with van der Waals surface area (Å²) >= 11 is 0. The fourth-order valence-electron chi connectivity index (χ4n) is 3.50. The number of carbonyl (C=O) groups excluding carboxylic acids is 1. The number of hydrogen-bond acceptors (Lipinski definition) is 3. The number of aromatic nitrogens is 1. The van der Waals surface area contributed by atoms with Crippen molar-refractivity contribution in [1.82, 2.24) is 10.1 Å². The Morgan fingerprint density at radius 3 is 2.58 bits per heavy atom. The summed E-state index contributed by atoms with van der Waals surface area (Å²) in [5, 5.41) is 3.94. The first kappa shape index (κ1) is 16.7. The highest BCUT2D eigenvalue weighted by atomic mass is 16.5.